The second-order valence-corrected chi connectivity index (χ2v) is 5.73. The van der Waals surface area contributed by atoms with E-state index in [4.69, 9.17) is 11.6 Å². The van der Waals surface area contributed by atoms with Gasteiger partial charge in [0.15, 0.2) is 0 Å². The number of rotatable bonds is 4. The Morgan fingerprint density at radius 3 is 2.79 bits per heavy atom. The van der Waals surface area contributed by atoms with Gasteiger partial charge in [-0.25, -0.2) is 0 Å². The van der Waals surface area contributed by atoms with Crippen LogP contribution in [0.25, 0.3) is 0 Å². The van der Waals surface area contributed by atoms with Crippen LogP contribution < -0.4 is 0 Å². The Hall–Kier alpha value is -1.46. The van der Waals surface area contributed by atoms with E-state index in [1.807, 2.05) is 32.0 Å². The summed E-state index contributed by atoms with van der Waals surface area (Å²) >= 11 is 6.81. The topological polar surface area (TPSA) is 46.1 Å². The van der Waals surface area contributed by atoms with Crippen LogP contribution in [0.2, 0.25) is 4.47 Å². The number of carbonyl (C=O) groups is 1. The van der Waals surface area contributed by atoms with Crippen molar-refractivity contribution in [2.45, 2.75) is 20.4 Å². The molecule has 0 spiro atoms. The van der Waals surface area contributed by atoms with Gasteiger partial charge < -0.3 is 4.90 Å². The molecule has 0 atom stereocenters. The van der Waals surface area contributed by atoms with Gasteiger partial charge in [-0.15, -0.1) is 10.2 Å². The Morgan fingerprint density at radius 2 is 2.21 bits per heavy atom. The molecule has 0 saturated heterocycles. The highest BCUT2D eigenvalue weighted by Gasteiger charge is 2.18. The van der Waals surface area contributed by atoms with Crippen LogP contribution in [0.15, 0.2) is 24.3 Å². The van der Waals surface area contributed by atoms with E-state index in [0.717, 1.165) is 16.9 Å². The van der Waals surface area contributed by atoms with Crippen LogP contribution in [0.3, 0.4) is 0 Å². The van der Waals surface area contributed by atoms with Gasteiger partial charge in [0.1, 0.15) is 0 Å². The van der Waals surface area contributed by atoms with Crippen LogP contribution in [0.5, 0.6) is 0 Å². The number of hydrogen-bond acceptors (Lipinski definition) is 4. The molecule has 6 heteroatoms. The van der Waals surface area contributed by atoms with Crippen molar-refractivity contribution in [3.63, 3.8) is 0 Å². The van der Waals surface area contributed by atoms with E-state index >= 15 is 0 Å². The van der Waals surface area contributed by atoms with Crippen LogP contribution in [0, 0.1) is 6.92 Å². The molecule has 0 radical (unpaired) electrons. The molecular weight excluding hydrogens is 282 g/mol. The number of halogens is 1. The molecule has 1 amide bonds. The smallest absolute Gasteiger partial charge is 0.285 e. The molecule has 1 heterocycles. The molecule has 0 aliphatic heterocycles. The van der Waals surface area contributed by atoms with Crippen LogP contribution in [0.4, 0.5) is 0 Å². The Balaban J connectivity index is 2.14. The number of carbonyl (C=O) groups excluding carboxylic acids is 1. The maximum atomic E-state index is 12.3. The van der Waals surface area contributed by atoms with E-state index in [1.54, 1.807) is 4.90 Å². The van der Waals surface area contributed by atoms with Crippen molar-refractivity contribution in [1.29, 1.82) is 0 Å². The van der Waals surface area contributed by atoms with Crippen molar-refractivity contribution >= 4 is 28.8 Å². The Kier molecular flexibility index (Phi) is 4.50. The lowest BCUT2D eigenvalue weighted by Gasteiger charge is -2.19. The lowest BCUT2D eigenvalue weighted by Crippen LogP contribution is -2.30. The first-order chi connectivity index (χ1) is 9.10. The minimum atomic E-state index is -0.131. The van der Waals surface area contributed by atoms with Crippen molar-refractivity contribution in [3.05, 3.63) is 44.9 Å². The Bertz CT molecular complexity index is 585. The standard InChI is InChI=1S/C13H14ClN3OS/c1-3-17(8-10-6-4-5-9(2)7-10)12(18)11-15-16-13(14)19-11/h4-7H,3,8H2,1-2H3. The Labute approximate surface area is 121 Å². The van der Waals surface area contributed by atoms with Crippen LogP contribution >= 0.6 is 22.9 Å². The molecule has 0 bridgehead atoms. The van der Waals surface area contributed by atoms with Gasteiger partial charge in [-0.2, -0.15) is 0 Å². The maximum Gasteiger partial charge on any atom is 0.285 e. The molecule has 100 valence electrons. The van der Waals surface area contributed by atoms with E-state index in [9.17, 15) is 4.79 Å². The van der Waals surface area contributed by atoms with Crippen LogP contribution in [0.1, 0.15) is 27.9 Å². The highest BCUT2D eigenvalue weighted by atomic mass is 35.5. The van der Waals surface area contributed by atoms with Crippen molar-refractivity contribution in [1.82, 2.24) is 15.1 Å². The summed E-state index contributed by atoms with van der Waals surface area (Å²) in [5.41, 5.74) is 2.28. The van der Waals surface area contributed by atoms with E-state index in [2.05, 4.69) is 16.3 Å². The van der Waals surface area contributed by atoms with Gasteiger partial charge in [-0.3, -0.25) is 4.79 Å². The van der Waals surface area contributed by atoms with E-state index in [1.165, 1.54) is 5.56 Å². The second kappa shape index (κ2) is 6.12. The number of aromatic nitrogens is 2. The molecule has 1 aromatic heterocycles. The van der Waals surface area contributed by atoms with Crippen molar-refractivity contribution < 1.29 is 4.79 Å². The van der Waals surface area contributed by atoms with Gasteiger partial charge in [0, 0.05) is 13.1 Å². The molecule has 4 nitrogen and oxygen atoms in total. The largest absolute Gasteiger partial charge is 0.332 e. The van der Waals surface area contributed by atoms with Crippen LogP contribution in [-0.2, 0) is 6.54 Å². The maximum absolute atomic E-state index is 12.3. The average molecular weight is 296 g/mol. The van der Waals surface area contributed by atoms with Gasteiger partial charge in [0.05, 0.1) is 0 Å². The summed E-state index contributed by atoms with van der Waals surface area (Å²) in [7, 11) is 0. The third-order valence-corrected chi connectivity index (χ3v) is 3.71. The fourth-order valence-electron chi connectivity index (χ4n) is 1.79. The molecule has 19 heavy (non-hydrogen) atoms. The van der Waals surface area contributed by atoms with E-state index in [0.29, 0.717) is 18.1 Å². The number of nitrogens with zero attached hydrogens (tertiary/aromatic N) is 3. The zero-order valence-electron chi connectivity index (χ0n) is 10.8. The van der Waals surface area contributed by atoms with Crippen molar-refractivity contribution in [3.8, 4) is 0 Å². The summed E-state index contributed by atoms with van der Waals surface area (Å²) < 4.78 is 0.287. The van der Waals surface area contributed by atoms with Gasteiger partial charge in [0.2, 0.25) is 9.47 Å². The van der Waals surface area contributed by atoms with Crippen molar-refractivity contribution in [2.75, 3.05) is 6.54 Å². The third kappa shape index (κ3) is 3.52. The summed E-state index contributed by atoms with van der Waals surface area (Å²) in [6.45, 7) is 5.15. The fourth-order valence-corrected chi connectivity index (χ4v) is 2.58. The monoisotopic (exact) mass is 295 g/mol. The number of hydrogen-bond donors (Lipinski definition) is 0. The summed E-state index contributed by atoms with van der Waals surface area (Å²) in [5, 5.41) is 7.78. The molecule has 0 aliphatic carbocycles. The normalized spacial score (nSPS) is 10.5. The Morgan fingerprint density at radius 1 is 1.42 bits per heavy atom. The van der Waals surface area contributed by atoms with Gasteiger partial charge in [0.25, 0.3) is 5.91 Å². The SMILES string of the molecule is CCN(Cc1cccc(C)c1)C(=O)c1nnc(Cl)s1. The first-order valence-electron chi connectivity index (χ1n) is 5.94. The molecule has 0 saturated carbocycles. The number of aryl methyl sites for hydroxylation is 1. The molecular formula is C13H14ClN3OS. The van der Waals surface area contributed by atoms with Crippen molar-refractivity contribution in [2.24, 2.45) is 0 Å². The average Bonchev–Trinajstić information content (AvgIpc) is 2.82. The minimum Gasteiger partial charge on any atom is -0.332 e. The first-order valence-corrected chi connectivity index (χ1v) is 7.13. The predicted octanol–water partition coefficient (Wildman–Crippen LogP) is 3.16. The summed E-state index contributed by atoms with van der Waals surface area (Å²) in [4.78, 5) is 14.0. The summed E-state index contributed by atoms with van der Waals surface area (Å²) in [5.74, 6) is -0.131. The number of amides is 1. The molecule has 0 N–H and O–H groups in total. The predicted molar refractivity (Wildman–Crippen MR) is 76.5 cm³/mol. The minimum absolute atomic E-state index is 0.131. The quantitative estimate of drug-likeness (QED) is 0.870. The zero-order valence-corrected chi connectivity index (χ0v) is 12.3. The lowest BCUT2D eigenvalue weighted by atomic mass is 10.1. The van der Waals surface area contributed by atoms with Gasteiger partial charge in [-0.1, -0.05) is 41.2 Å². The zero-order chi connectivity index (χ0) is 13.8. The molecule has 0 aliphatic rings. The lowest BCUT2D eigenvalue weighted by molar-refractivity contribution is 0.0751. The first kappa shape index (κ1) is 14.0. The highest BCUT2D eigenvalue weighted by Crippen LogP contribution is 2.18. The molecule has 0 unspecified atom stereocenters. The third-order valence-electron chi connectivity index (χ3n) is 2.71. The van der Waals surface area contributed by atoms with E-state index < -0.39 is 0 Å². The molecule has 2 aromatic rings. The molecule has 0 fully saturated rings. The highest BCUT2D eigenvalue weighted by molar-refractivity contribution is 7.17. The van der Waals surface area contributed by atoms with Gasteiger partial charge in [-0.05, 0) is 31.0 Å². The molecule has 2 rings (SSSR count). The fraction of sp³-hybridized carbons (Fsp3) is 0.308. The second-order valence-electron chi connectivity index (χ2n) is 4.17. The number of benzene rings is 1. The van der Waals surface area contributed by atoms with Crippen LogP contribution in [-0.4, -0.2) is 27.5 Å². The molecule has 1 aromatic carbocycles. The summed E-state index contributed by atoms with van der Waals surface area (Å²) in [6, 6.07) is 8.11. The van der Waals surface area contributed by atoms with Gasteiger partial charge >= 0.3 is 0 Å². The van der Waals surface area contributed by atoms with E-state index in [-0.39, 0.29) is 10.4 Å². The summed E-state index contributed by atoms with van der Waals surface area (Å²) in [6.07, 6.45) is 0.